The van der Waals surface area contributed by atoms with Crippen molar-refractivity contribution >= 4 is 29.1 Å². The van der Waals surface area contributed by atoms with Crippen molar-refractivity contribution in [2.75, 3.05) is 28.6 Å². The fraction of sp³-hybridized carbons (Fsp3) is 0.400. The molecule has 3 rings (SSSR count). The van der Waals surface area contributed by atoms with Gasteiger partial charge in [0.15, 0.2) is 0 Å². The molecule has 2 heterocycles. The van der Waals surface area contributed by atoms with Gasteiger partial charge in [0.2, 0.25) is 11.9 Å². The molecule has 0 aliphatic carbocycles. The number of anilines is 3. The van der Waals surface area contributed by atoms with Crippen molar-refractivity contribution in [1.29, 1.82) is 0 Å². The number of nitrogens with zero attached hydrogens (tertiary/aromatic N) is 3. The molecule has 1 aromatic carbocycles. The van der Waals surface area contributed by atoms with Gasteiger partial charge in [-0.3, -0.25) is 9.59 Å². The van der Waals surface area contributed by atoms with E-state index in [1.54, 1.807) is 30.3 Å². The van der Waals surface area contributed by atoms with Crippen molar-refractivity contribution in [3.05, 3.63) is 41.7 Å². The molecule has 0 bridgehead atoms. The topological polar surface area (TPSA) is 87.2 Å². The average molecular weight is 367 g/mol. The maximum absolute atomic E-state index is 12.6. The van der Waals surface area contributed by atoms with Crippen LogP contribution >= 0.6 is 0 Å². The second kappa shape index (κ2) is 8.16. The summed E-state index contributed by atoms with van der Waals surface area (Å²) in [5, 5.41) is 5.54. The number of carbonyl (C=O) groups is 2. The molecule has 27 heavy (non-hydrogen) atoms. The summed E-state index contributed by atoms with van der Waals surface area (Å²) in [6, 6.07) is 8.65. The Morgan fingerprint density at radius 1 is 1.04 bits per heavy atom. The third kappa shape index (κ3) is 5.03. The second-order valence-corrected chi connectivity index (χ2v) is 7.08. The molecule has 1 saturated heterocycles. The Labute approximate surface area is 159 Å². The molecule has 0 saturated carbocycles. The van der Waals surface area contributed by atoms with Crippen LogP contribution in [0.1, 0.15) is 42.9 Å². The van der Waals surface area contributed by atoms with E-state index < -0.39 is 0 Å². The smallest absolute Gasteiger partial charge is 0.274 e. The Hall–Kier alpha value is -2.96. The fourth-order valence-corrected chi connectivity index (χ4v) is 3.05. The molecule has 1 fully saturated rings. The molecule has 2 aromatic rings. The number of piperidine rings is 1. The number of nitrogens with one attached hydrogen (secondary N) is 2. The minimum Gasteiger partial charge on any atom is -0.341 e. The highest BCUT2D eigenvalue weighted by molar-refractivity contribution is 6.03. The summed E-state index contributed by atoms with van der Waals surface area (Å²) in [6.07, 6.45) is 2.22. The first-order chi connectivity index (χ1) is 12.9. The zero-order valence-electron chi connectivity index (χ0n) is 16.0. The van der Waals surface area contributed by atoms with Gasteiger partial charge in [-0.2, -0.15) is 0 Å². The van der Waals surface area contributed by atoms with E-state index in [1.165, 1.54) is 6.92 Å². The van der Waals surface area contributed by atoms with Crippen molar-refractivity contribution in [1.82, 2.24) is 9.97 Å². The van der Waals surface area contributed by atoms with Gasteiger partial charge in [0.25, 0.3) is 5.91 Å². The van der Waals surface area contributed by atoms with Crippen LogP contribution in [0.3, 0.4) is 0 Å². The Morgan fingerprint density at radius 3 is 2.22 bits per heavy atom. The number of aryl methyl sites for hydroxylation is 1. The molecule has 2 amide bonds. The third-order valence-corrected chi connectivity index (χ3v) is 4.60. The molecule has 142 valence electrons. The van der Waals surface area contributed by atoms with E-state index in [9.17, 15) is 9.59 Å². The summed E-state index contributed by atoms with van der Waals surface area (Å²) in [6.45, 7) is 7.40. The number of amides is 2. The lowest BCUT2D eigenvalue weighted by molar-refractivity contribution is -0.114. The Bertz CT molecular complexity index is 827. The fourth-order valence-electron chi connectivity index (χ4n) is 3.05. The van der Waals surface area contributed by atoms with Gasteiger partial charge in [-0.15, -0.1) is 0 Å². The van der Waals surface area contributed by atoms with Gasteiger partial charge in [0, 0.05) is 37.1 Å². The number of rotatable bonds is 4. The Kier molecular flexibility index (Phi) is 5.69. The van der Waals surface area contributed by atoms with Crippen molar-refractivity contribution < 1.29 is 9.59 Å². The van der Waals surface area contributed by atoms with E-state index in [-0.39, 0.29) is 11.8 Å². The standard InChI is InChI=1S/C20H25N5O2/c1-13-8-10-25(11-9-13)20-21-14(2)12-18(24-20)19(27)23-17-6-4-16(5-7-17)22-15(3)26/h4-7,12-13H,8-11H2,1-3H3,(H,22,26)(H,23,27). The average Bonchev–Trinajstić information content (AvgIpc) is 2.63. The van der Waals surface area contributed by atoms with Crippen LogP contribution < -0.4 is 15.5 Å². The normalized spacial score (nSPS) is 14.7. The van der Waals surface area contributed by atoms with Crippen LogP contribution in [0, 0.1) is 12.8 Å². The van der Waals surface area contributed by atoms with Gasteiger partial charge in [-0.25, -0.2) is 9.97 Å². The quantitative estimate of drug-likeness (QED) is 0.866. The molecule has 2 N–H and O–H groups in total. The van der Waals surface area contributed by atoms with Crippen LogP contribution in [0.15, 0.2) is 30.3 Å². The van der Waals surface area contributed by atoms with Crippen molar-refractivity contribution in [2.24, 2.45) is 5.92 Å². The van der Waals surface area contributed by atoms with E-state index in [1.807, 2.05) is 6.92 Å². The van der Waals surface area contributed by atoms with Gasteiger partial charge in [0.1, 0.15) is 5.69 Å². The van der Waals surface area contributed by atoms with Crippen LogP contribution in [0.2, 0.25) is 0 Å². The number of carbonyl (C=O) groups excluding carboxylic acids is 2. The largest absolute Gasteiger partial charge is 0.341 e. The Balaban J connectivity index is 1.71. The lowest BCUT2D eigenvalue weighted by Gasteiger charge is -2.30. The lowest BCUT2D eigenvalue weighted by Crippen LogP contribution is -2.34. The molecule has 7 heteroatoms. The summed E-state index contributed by atoms with van der Waals surface area (Å²) in [5.74, 6) is 0.921. The van der Waals surface area contributed by atoms with E-state index in [4.69, 9.17) is 0 Å². The van der Waals surface area contributed by atoms with Crippen molar-refractivity contribution in [2.45, 2.75) is 33.6 Å². The van der Waals surface area contributed by atoms with E-state index in [0.717, 1.165) is 31.6 Å². The number of benzene rings is 1. The molecule has 7 nitrogen and oxygen atoms in total. The SMILES string of the molecule is CC(=O)Nc1ccc(NC(=O)c2cc(C)nc(N3CCC(C)CC3)n2)cc1. The molecule has 0 spiro atoms. The number of hydrogen-bond acceptors (Lipinski definition) is 5. The minimum absolute atomic E-state index is 0.136. The maximum Gasteiger partial charge on any atom is 0.274 e. The molecule has 0 radical (unpaired) electrons. The van der Waals surface area contributed by atoms with E-state index in [2.05, 4.69) is 32.4 Å². The number of aromatic nitrogens is 2. The first-order valence-corrected chi connectivity index (χ1v) is 9.20. The molecule has 1 aliphatic heterocycles. The van der Waals surface area contributed by atoms with Crippen LogP contribution in [0.25, 0.3) is 0 Å². The molecule has 1 aromatic heterocycles. The molecular weight excluding hydrogens is 342 g/mol. The van der Waals surface area contributed by atoms with Gasteiger partial charge < -0.3 is 15.5 Å². The first kappa shape index (κ1) is 18.8. The zero-order valence-corrected chi connectivity index (χ0v) is 16.0. The number of hydrogen-bond donors (Lipinski definition) is 2. The zero-order chi connectivity index (χ0) is 19.4. The van der Waals surface area contributed by atoms with Crippen LogP contribution in [-0.4, -0.2) is 34.9 Å². The predicted molar refractivity (Wildman–Crippen MR) is 106 cm³/mol. The lowest BCUT2D eigenvalue weighted by atomic mass is 10.00. The monoisotopic (exact) mass is 367 g/mol. The second-order valence-electron chi connectivity index (χ2n) is 7.08. The minimum atomic E-state index is -0.278. The van der Waals surface area contributed by atoms with Crippen molar-refractivity contribution in [3.63, 3.8) is 0 Å². The highest BCUT2D eigenvalue weighted by atomic mass is 16.2. The van der Waals surface area contributed by atoms with Gasteiger partial charge in [0.05, 0.1) is 0 Å². The third-order valence-electron chi connectivity index (χ3n) is 4.60. The first-order valence-electron chi connectivity index (χ1n) is 9.20. The highest BCUT2D eigenvalue weighted by Gasteiger charge is 2.20. The van der Waals surface area contributed by atoms with Gasteiger partial charge in [-0.1, -0.05) is 6.92 Å². The summed E-state index contributed by atoms with van der Waals surface area (Å²) in [4.78, 5) is 34.8. The van der Waals surface area contributed by atoms with E-state index >= 15 is 0 Å². The van der Waals surface area contributed by atoms with Crippen LogP contribution in [0.5, 0.6) is 0 Å². The summed E-state index contributed by atoms with van der Waals surface area (Å²) in [5.41, 5.74) is 2.44. The summed E-state index contributed by atoms with van der Waals surface area (Å²) >= 11 is 0. The highest BCUT2D eigenvalue weighted by Crippen LogP contribution is 2.21. The molecule has 0 atom stereocenters. The Morgan fingerprint density at radius 2 is 1.63 bits per heavy atom. The van der Waals surface area contributed by atoms with E-state index in [0.29, 0.717) is 28.9 Å². The van der Waals surface area contributed by atoms with Gasteiger partial charge in [-0.05, 0) is 56.0 Å². The van der Waals surface area contributed by atoms with Crippen LogP contribution in [0.4, 0.5) is 17.3 Å². The predicted octanol–water partition coefficient (Wildman–Crippen LogP) is 3.23. The molecular formula is C20H25N5O2. The van der Waals surface area contributed by atoms with Crippen LogP contribution in [-0.2, 0) is 4.79 Å². The summed E-state index contributed by atoms with van der Waals surface area (Å²) in [7, 11) is 0. The molecule has 1 aliphatic rings. The van der Waals surface area contributed by atoms with Gasteiger partial charge >= 0.3 is 0 Å². The van der Waals surface area contributed by atoms with Crippen molar-refractivity contribution in [3.8, 4) is 0 Å². The molecule has 0 unspecified atom stereocenters. The summed E-state index contributed by atoms with van der Waals surface area (Å²) < 4.78 is 0. The maximum atomic E-state index is 12.6.